The molecule has 0 aromatic carbocycles. The second-order valence-corrected chi connectivity index (χ2v) is 5.79. The van der Waals surface area contributed by atoms with Crippen molar-refractivity contribution in [3.05, 3.63) is 23.7 Å². The van der Waals surface area contributed by atoms with Gasteiger partial charge in [0.15, 0.2) is 0 Å². The first-order valence-electron chi connectivity index (χ1n) is 6.72. The minimum Gasteiger partial charge on any atom is -0.464 e. The van der Waals surface area contributed by atoms with Crippen LogP contribution in [0, 0.1) is 5.92 Å². The van der Waals surface area contributed by atoms with E-state index in [0.717, 1.165) is 24.6 Å². The highest BCUT2D eigenvalue weighted by Crippen LogP contribution is 2.48. The normalized spacial score (nSPS) is 38.3. The van der Waals surface area contributed by atoms with Crippen LogP contribution in [-0.4, -0.2) is 24.5 Å². The van der Waals surface area contributed by atoms with E-state index in [0.29, 0.717) is 5.92 Å². The van der Waals surface area contributed by atoms with E-state index in [1.807, 2.05) is 0 Å². The van der Waals surface area contributed by atoms with Crippen LogP contribution >= 0.6 is 0 Å². The van der Waals surface area contributed by atoms with E-state index in [4.69, 9.17) is 10.2 Å². The smallest absolute Gasteiger partial charge is 0.122 e. The quantitative estimate of drug-likeness (QED) is 0.855. The number of furan rings is 1. The summed E-state index contributed by atoms with van der Waals surface area (Å²) >= 11 is 0. The standard InChI is InChI=1S/C14H22N2O/c1-9-8-10(9)12-5-6-13(17-12)14-11(15)4-3-7-16(14)2/h5-6,9-11,14H,3-4,7-8,15H2,1-2H3. The van der Waals surface area contributed by atoms with Gasteiger partial charge in [-0.1, -0.05) is 6.92 Å². The highest BCUT2D eigenvalue weighted by molar-refractivity contribution is 5.20. The van der Waals surface area contributed by atoms with Gasteiger partial charge < -0.3 is 10.2 Å². The third-order valence-electron chi connectivity index (χ3n) is 4.34. The molecule has 0 spiro atoms. The Labute approximate surface area is 103 Å². The minimum atomic E-state index is 0.212. The lowest BCUT2D eigenvalue weighted by atomic mass is 9.96. The first kappa shape index (κ1) is 11.3. The summed E-state index contributed by atoms with van der Waals surface area (Å²) in [6.45, 7) is 3.40. The van der Waals surface area contributed by atoms with Crippen molar-refractivity contribution >= 4 is 0 Å². The average molecular weight is 234 g/mol. The van der Waals surface area contributed by atoms with E-state index >= 15 is 0 Å². The van der Waals surface area contributed by atoms with Gasteiger partial charge in [0.05, 0.1) is 6.04 Å². The van der Waals surface area contributed by atoms with Gasteiger partial charge in [-0.05, 0) is 50.9 Å². The van der Waals surface area contributed by atoms with Gasteiger partial charge in [0.1, 0.15) is 11.5 Å². The molecule has 2 heterocycles. The number of piperidine rings is 1. The number of likely N-dealkylation sites (N-methyl/N-ethyl adjacent to an activating group) is 1. The molecule has 4 unspecified atom stereocenters. The number of hydrogen-bond acceptors (Lipinski definition) is 3. The maximum atomic E-state index is 6.23. The van der Waals surface area contributed by atoms with Crippen molar-refractivity contribution in [2.24, 2.45) is 11.7 Å². The monoisotopic (exact) mass is 234 g/mol. The van der Waals surface area contributed by atoms with Crippen LogP contribution < -0.4 is 5.73 Å². The summed E-state index contributed by atoms with van der Waals surface area (Å²) in [7, 11) is 2.14. The predicted octanol–water partition coefficient (Wildman–Crippen LogP) is 2.50. The molecule has 1 aliphatic heterocycles. The van der Waals surface area contributed by atoms with Crippen molar-refractivity contribution in [3.63, 3.8) is 0 Å². The molecule has 0 radical (unpaired) electrons. The van der Waals surface area contributed by atoms with Crippen LogP contribution in [0.5, 0.6) is 0 Å². The molecule has 3 nitrogen and oxygen atoms in total. The van der Waals surface area contributed by atoms with Crippen molar-refractivity contribution in [1.82, 2.24) is 4.90 Å². The van der Waals surface area contributed by atoms with Crippen molar-refractivity contribution in [1.29, 1.82) is 0 Å². The van der Waals surface area contributed by atoms with Crippen molar-refractivity contribution in [2.75, 3.05) is 13.6 Å². The lowest BCUT2D eigenvalue weighted by Crippen LogP contribution is -2.43. The molecule has 1 aromatic rings. The molecule has 0 bridgehead atoms. The Morgan fingerprint density at radius 1 is 1.35 bits per heavy atom. The Morgan fingerprint density at radius 2 is 2.06 bits per heavy atom. The fourth-order valence-corrected chi connectivity index (χ4v) is 3.07. The Morgan fingerprint density at radius 3 is 2.71 bits per heavy atom. The van der Waals surface area contributed by atoms with Crippen LogP contribution in [0.1, 0.15) is 49.7 Å². The van der Waals surface area contributed by atoms with Gasteiger partial charge in [0, 0.05) is 12.0 Å². The summed E-state index contributed by atoms with van der Waals surface area (Å²) in [4.78, 5) is 2.33. The largest absolute Gasteiger partial charge is 0.464 e. The number of rotatable bonds is 2. The van der Waals surface area contributed by atoms with Crippen LogP contribution in [0.4, 0.5) is 0 Å². The van der Waals surface area contributed by atoms with Crippen molar-refractivity contribution < 1.29 is 4.42 Å². The summed E-state index contributed by atoms with van der Waals surface area (Å²) in [5, 5.41) is 0. The SMILES string of the molecule is CC1CC1c1ccc(C2C(N)CCCN2C)o1. The van der Waals surface area contributed by atoms with E-state index in [1.54, 1.807) is 0 Å². The van der Waals surface area contributed by atoms with Gasteiger partial charge in [-0.2, -0.15) is 0 Å². The molecule has 17 heavy (non-hydrogen) atoms. The van der Waals surface area contributed by atoms with Crippen LogP contribution in [0.3, 0.4) is 0 Å². The second-order valence-electron chi connectivity index (χ2n) is 5.79. The maximum Gasteiger partial charge on any atom is 0.122 e. The minimum absolute atomic E-state index is 0.212. The summed E-state index contributed by atoms with van der Waals surface area (Å²) in [5.41, 5.74) is 6.23. The number of nitrogens with two attached hydrogens (primary N) is 1. The first-order valence-corrected chi connectivity index (χ1v) is 6.72. The average Bonchev–Trinajstić information content (AvgIpc) is 2.83. The molecule has 3 heteroatoms. The van der Waals surface area contributed by atoms with Gasteiger partial charge in [-0.3, -0.25) is 4.90 Å². The first-order chi connectivity index (χ1) is 8.16. The molecule has 2 aliphatic rings. The molecule has 2 fully saturated rings. The van der Waals surface area contributed by atoms with Gasteiger partial charge in [-0.25, -0.2) is 0 Å². The lowest BCUT2D eigenvalue weighted by molar-refractivity contribution is 0.140. The molecule has 1 saturated carbocycles. The number of likely N-dealkylation sites (tertiary alicyclic amines) is 1. The van der Waals surface area contributed by atoms with Crippen molar-refractivity contribution in [2.45, 2.75) is 44.2 Å². The molecule has 3 rings (SSSR count). The van der Waals surface area contributed by atoms with E-state index in [9.17, 15) is 0 Å². The molecular weight excluding hydrogens is 212 g/mol. The highest BCUT2D eigenvalue weighted by Gasteiger charge is 2.38. The molecule has 0 amide bonds. The fraction of sp³-hybridized carbons (Fsp3) is 0.714. The number of nitrogens with zero attached hydrogens (tertiary/aromatic N) is 1. The zero-order valence-corrected chi connectivity index (χ0v) is 10.7. The zero-order valence-electron chi connectivity index (χ0n) is 10.7. The second kappa shape index (κ2) is 4.14. The van der Waals surface area contributed by atoms with Crippen molar-refractivity contribution in [3.8, 4) is 0 Å². The molecule has 94 valence electrons. The van der Waals surface area contributed by atoms with E-state index in [2.05, 4.69) is 31.0 Å². The Hall–Kier alpha value is -0.800. The predicted molar refractivity (Wildman–Crippen MR) is 67.8 cm³/mol. The Bertz CT molecular complexity index is 391. The summed E-state index contributed by atoms with van der Waals surface area (Å²) < 4.78 is 6.04. The van der Waals surface area contributed by atoms with Gasteiger partial charge in [0.25, 0.3) is 0 Å². The van der Waals surface area contributed by atoms with Crippen LogP contribution in [0.25, 0.3) is 0 Å². The summed E-state index contributed by atoms with van der Waals surface area (Å²) in [5.74, 6) is 3.69. The van der Waals surface area contributed by atoms with Crippen LogP contribution in [0.2, 0.25) is 0 Å². The Kier molecular flexibility index (Phi) is 2.75. The van der Waals surface area contributed by atoms with Gasteiger partial charge in [-0.15, -0.1) is 0 Å². The number of hydrogen-bond donors (Lipinski definition) is 1. The molecule has 1 aromatic heterocycles. The van der Waals surface area contributed by atoms with E-state index in [-0.39, 0.29) is 12.1 Å². The summed E-state index contributed by atoms with van der Waals surface area (Å²) in [6, 6.07) is 4.77. The third-order valence-corrected chi connectivity index (χ3v) is 4.34. The van der Waals surface area contributed by atoms with Gasteiger partial charge >= 0.3 is 0 Å². The zero-order chi connectivity index (χ0) is 12.0. The molecule has 1 saturated heterocycles. The fourth-order valence-electron chi connectivity index (χ4n) is 3.07. The highest BCUT2D eigenvalue weighted by atomic mass is 16.3. The van der Waals surface area contributed by atoms with E-state index in [1.165, 1.54) is 18.6 Å². The topological polar surface area (TPSA) is 42.4 Å². The van der Waals surface area contributed by atoms with Crippen LogP contribution in [0.15, 0.2) is 16.5 Å². The van der Waals surface area contributed by atoms with E-state index < -0.39 is 0 Å². The molecule has 4 atom stereocenters. The molecular formula is C14H22N2O. The van der Waals surface area contributed by atoms with Gasteiger partial charge in [0.2, 0.25) is 0 Å². The summed E-state index contributed by atoms with van der Waals surface area (Å²) in [6.07, 6.45) is 3.58. The lowest BCUT2D eigenvalue weighted by Gasteiger charge is -2.35. The molecule has 1 aliphatic carbocycles. The van der Waals surface area contributed by atoms with Crippen LogP contribution in [-0.2, 0) is 0 Å². The third kappa shape index (κ3) is 2.02. The molecule has 2 N–H and O–H groups in total. The maximum absolute atomic E-state index is 6.23. The Balaban J connectivity index is 1.80.